The summed E-state index contributed by atoms with van der Waals surface area (Å²) in [7, 11) is 0. The van der Waals surface area contributed by atoms with Gasteiger partial charge in [-0.2, -0.15) is 5.26 Å². The predicted molar refractivity (Wildman–Crippen MR) is 217 cm³/mol. The molecule has 12 heteroatoms. The number of ether oxygens (including phenoxy) is 3. The number of hydrogen-bond donors (Lipinski definition) is 0. The highest BCUT2D eigenvalue weighted by Crippen LogP contribution is 2.34. The zero-order valence-electron chi connectivity index (χ0n) is 29.5. The quantitative estimate of drug-likeness (QED) is 0.108. The Morgan fingerprint density at radius 1 is 0.870 bits per heavy atom. The molecule has 0 saturated carbocycles. The lowest BCUT2D eigenvalue weighted by atomic mass is 10.1. The predicted octanol–water partition coefficient (Wildman–Crippen LogP) is 9.32. The van der Waals surface area contributed by atoms with Crippen LogP contribution in [0.2, 0.25) is 5.02 Å². The molecule has 1 aliphatic heterocycles. The van der Waals surface area contributed by atoms with Gasteiger partial charge in [0.25, 0.3) is 0 Å². The summed E-state index contributed by atoms with van der Waals surface area (Å²) in [5, 5.41) is 9.37. The summed E-state index contributed by atoms with van der Waals surface area (Å²) < 4.78 is 18.4. The lowest BCUT2D eigenvalue weighted by Gasteiger charge is -2.34. The number of nitrogens with zero attached hydrogens (tertiary/aromatic N) is 5. The average Bonchev–Trinajstić information content (AvgIpc) is 3.18. The molecular weight excluding hydrogens is 789 g/mol. The van der Waals surface area contributed by atoms with E-state index in [1.807, 2.05) is 54.3 Å². The highest BCUT2D eigenvalue weighted by atomic mass is 79.9. The zero-order chi connectivity index (χ0) is 37.0. The van der Waals surface area contributed by atoms with Crippen molar-refractivity contribution in [2.24, 2.45) is 0 Å². The first-order valence-electron chi connectivity index (χ1n) is 17.1. The van der Waals surface area contributed by atoms with E-state index in [-0.39, 0.29) is 18.3 Å². The monoisotopic (exact) mass is 825 g/mol. The Morgan fingerprint density at radius 3 is 2.26 bits per heavy atom. The summed E-state index contributed by atoms with van der Waals surface area (Å²) in [6.45, 7) is 6.46. The number of halogens is 3. The van der Waals surface area contributed by atoms with Crippen molar-refractivity contribution in [3.05, 3.63) is 152 Å². The summed E-state index contributed by atoms with van der Waals surface area (Å²) in [4.78, 5) is 25.9. The van der Waals surface area contributed by atoms with Crippen molar-refractivity contribution >= 4 is 58.0 Å². The minimum absolute atomic E-state index is 0. The van der Waals surface area contributed by atoms with Crippen LogP contribution in [0.4, 0.5) is 0 Å². The van der Waals surface area contributed by atoms with Gasteiger partial charge < -0.3 is 19.1 Å². The van der Waals surface area contributed by atoms with Gasteiger partial charge in [-0.3, -0.25) is 9.69 Å². The Kier molecular flexibility index (Phi) is 14.6. The lowest BCUT2D eigenvalue weighted by Crippen LogP contribution is -2.47. The minimum atomic E-state index is -0.0273. The number of benzene rings is 3. The average molecular weight is 828 g/mol. The molecule has 1 fully saturated rings. The van der Waals surface area contributed by atoms with E-state index in [0.29, 0.717) is 60.1 Å². The number of pyridine rings is 2. The van der Waals surface area contributed by atoms with Gasteiger partial charge in [-0.1, -0.05) is 54.1 Å². The van der Waals surface area contributed by atoms with Crippen molar-refractivity contribution in [1.29, 1.82) is 5.26 Å². The Bertz CT molecular complexity index is 2070. The fourth-order valence-electron chi connectivity index (χ4n) is 5.60. The topological polar surface area (TPSA) is 101 Å². The SMILES string of the molecule is Cc1cc(C=CC(=O)N2CCN(Cc3ccc(C=CCOc4ccc(Br)cn4)cc3)CC2)cc(Cl)c1Oc1ccc(OCc2ccc(C#N)cc2)cn1.Cl. The number of piperazine rings is 1. The smallest absolute Gasteiger partial charge is 0.246 e. The number of nitriles is 1. The summed E-state index contributed by atoms with van der Waals surface area (Å²) in [6.07, 6.45) is 10.7. The number of aryl methyl sites for hydroxylation is 1. The van der Waals surface area contributed by atoms with Crippen LogP contribution >= 0.6 is 39.9 Å². The van der Waals surface area contributed by atoms with E-state index in [9.17, 15) is 4.79 Å². The van der Waals surface area contributed by atoms with Crippen LogP contribution in [0.25, 0.3) is 12.2 Å². The number of hydrogen-bond acceptors (Lipinski definition) is 8. The van der Waals surface area contributed by atoms with E-state index in [1.165, 1.54) is 5.56 Å². The summed E-state index contributed by atoms with van der Waals surface area (Å²) in [6, 6.07) is 28.7. The van der Waals surface area contributed by atoms with Crippen molar-refractivity contribution < 1.29 is 19.0 Å². The zero-order valence-corrected chi connectivity index (χ0v) is 32.7. The van der Waals surface area contributed by atoms with Crippen LogP contribution in [-0.4, -0.2) is 58.5 Å². The Hall–Kier alpha value is -5.18. The van der Waals surface area contributed by atoms with Gasteiger partial charge in [0.15, 0.2) is 5.75 Å². The van der Waals surface area contributed by atoms with Gasteiger partial charge in [0.2, 0.25) is 17.7 Å². The molecule has 0 aliphatic carbocycles. The molecule has 0 bridgehead atoms. The van der Waals surface area contributed by atoms with E-state index in [1.54, 1.807) is 54.9 Å². The molecule has 5 aromatic rings. The van der Waals surface area contributed by atoms with E-state index < -0.39 is 0 Å². The highest BCUT2D eigenvalue weighted by molar-refractivity contribution is 9.10. The number of carbonyl (C=O) groups excluding carboxylic acids is 1. The maximum atomic E-state index is 13.0. The molecule has 3 aromatic carbocycles. The van der Waals surface area contributed by atoms with Gasteiger partial charge in [-0.05, 0) is 99.2 Å². The molecule has 276 valence electrons. The van der Waals surface area contributed by atoms with Crippen LogP contribution in [0.1, 0.15) is 33.4 Å². The summed E-state index contributed by atoms with van der Waals surface area (Å²) in [5.41, 5.74) is 5.50. The third-order valence-electron chi connectivity index (χ3n) is 8.48. The van der Waals surface area contributed by atoms with Crippen molar-refractivity contribution in [2.45, 2.75) is 20.1 Å². The molecule has 0 radical (unpaired) electrons. The van der Waals surface area contributed by atoms with E-state index in [4.69, 9.17) is 31.1 Å². The number of rotatable bonds is 13. The third kappa shape index (κ3) is 11.7. The number of carbonyl (C=O) groups is 1. The maximum Gasteiger partial charge on any atom is 0.246 e. The van der Waals surface area contributed by atoms with Crippen LogP contribution < -0.4 is 14.2 Å². The second-order valence-corrected chi connectivity index (χ2v) is 13.7. The fourth-order valence-corrected chi connectivity index (χ4v) is 6.15. The van der Waals surface area contributed by atoms with Crippen molar-refractivity contribution in [1.82, 2.24) is 19.8 Å². The molecule has 6 rings (SSSR count). The van der Waals surface area contributed by atoms with Gasteiger partial charge in [0.05, 0.1) is 22.9 Å². The minimum Gasteiger partial charge on any atom is -0.487 e. The van der Waals surface area contributed by atoms with Crippen LogP contribution in [0.5, 0.6) is 23.3 Å². The molecule has 3 heterocycles. The van der Waals surface area contributed by atoms with Gasteiger partial charge in [-0.25, -0.2) is 9.97 Å². The molecule has 2 aromatic heterocycles. The molecule has 0 spiro atoms. The van der Waals surface area contributed by atoms with Crippen LogP contribution in [0.3, 0.4) is 0 Å². The molecule has 1 amide bonds. The second kappa shape index (κ2) is 19.8. The largest absolute Gasteiger partial charge is 0.487 e. The molecule has 0 unspecified atom stereocenters. The Morgan fingerprint density at radius 2 is 1.59 bits per heavy atom. The maximum absolute atomic E-state index is 13.0. The Balaban J connectivity index is 0.00000561. The van der Waals surface area contributed by atoms with Crippen LogP contribution in [-0.2, 0) is 17.9 Å². The fraction of sp³-hybridized carbons (Fsp3) is 0.190. The normalized spacial score (nSPS) is 13.0. The first-order chi connectivity index (χ1) is 25.8. The van der Waals surface area contributed by atoms with E-state index in [0.717, 1.165) is 46.4 Å². The van der Waals surface area contributed by atoms with E-state index >= 15 is 0 Å². The lowest BCUT2D eigenvalue weighted by molar-refractivity contribution is -0.127. The first kappa shape index (κ1) is 40.0. The van der Waals surface area contributed by atoms with Crippen molar-refractivity contribution in [3.8, 4) is 29.3 Å². The standard InChI is InChI=1S/C42H37BrClN5O4.ClH/c1-30-23-35(24-38(44)42(30)53-40-16-14-37(27-47-40)52-29-34-10-6-32(25-45)7-11-34)12-17-41(50)49-20-18-48(19-21-49)28-33-8-4-31(5-9-33)3-2-22-51-39-15-13-36(43)26-46-39;/h2-17,23-24,26-27H,18-22,28-29H2,1H3;1H. The molecule has 0 atom stereocenters. The van der Waals surface area contributed by atoms with Gasteiger partial charge in [-0.15, -0.1) is 12.4 Å². The molecule has 1 saturated heterocycles. The number of amides is 1. The highest BCUT2D eigenvalue weighted by Gasteiger charge is 2.20. The molecular formula is C42H38BrCl2N5O4. The summed E-state index contributed by atoms with van der Waals surface area (Å²) in [5.74, 6) is 2.02. The van der Waals surface area contributed by atoms with Crippen molar-refractivity contribution in [2.75, 3.05) is 32.8 Å². The second-order valence-electron chi connectivity index (χ2n) is 12.4. The van der Waals surface area contributed by atoms with Crippen LogP contribution in [0, 0.1) is 18.3 Å². The first-order valence-corrected chi connectivity index (χ1v) is 18.2. The van der Waals surface area contributed by atoms with Crippen molar-refractivity contribution in [3.63, 3.8) is 0 Å². The molecule has 1 aliphatic rings. The van der Waals surface area contributed by atoms with Gasteiger partial charge in [0.1, 0.15) is 19.0 Å². The van der Waals surface area contributed by atoms with Gasteiger partial charge >= 0.3 is 0 Å². The van der Waals surface area contributed by atoms with Gasteiger partial charge in [0, 0.05) is 61.6 Å². The number of aromatic nitrogens is 2. The van der Waals surface area contributed by atoms with Crippen LogP contribution in [0.15, 0.2) is 114 Å². The van der Waals surface area contributed by atoms with E-state index in [2.05, 4.69) is 61.1 Å². The Labute approximate surface area is 335 Å². The molecule has 54 heavy (non-hydrogen) atoms. The molecule has 0 N–H and O–H groups in total. The molecule has 9 nitrogen and oxygen atoms in total. The third-order valence-corrected chi connectivity index (χ3v) is 9.23. The summed E-state index contributed by atoms with van der Waals surface area (Å²) >= 11 is 9.99.